The molecule has 0 heterocycles. The van der Waals surface area contributed by atoms with Gasteiger partial charge in [0.15, 0.2) is 0 Å². The van der Waals surface area contributed by atoms with E-state index in [2.05, 4.69) is 13.0 Å². The Labute approximate surface area is 78.9 Å². The maximum absolute atomic E-state index is 6.12. The van der Waals surface area contributed by atoms with Crippen LogP contribution in [0.1, 0.15) is 30.0 Å². The molecule has 1 aromatic rings. The lowest BCUT2D eigenvalue weighted by atomic mass is 9.97. The lowest BCUT2D eigenvalue weighted by molar-refractivity contribution is 0.632. The molecule has 0 saturated heterocycles. The average molecular weight is 176 g/mol. The highest BCUT2D eigenvalue weighted by Crippen LogP contribution is 2.41. The van der Waals surface area contributed by atoms with Crippen molar-refractivity contribution in [2.45, 2.75) is 25.8 Å². The number of hydrogen-bond donors (Lipinski definition) is 2. The Kier molecular flexibility index (Phi) is 2.00. The molecule has 0 bridgehead atoms. The molecule has 1 aromatic carbocycles. The average Bonchev–Trinajstić information content (AvgIpc) is 2.85. The molecule has 0 aliphatic heterocycles. The van der Waals surface area contributed by atoms with Crippen LogP contribution in [0.15, 0.2) is 18.2 Å². The van der Waals surface area contributed by atoms with Gasteiger partial charge >= 0.3 is 0 Å². The molecule has 70 valence electrons. The second-order valence-electron chi connectivity index (χ2n) is 3.94. The lowest BCUT2D eigenvalue weighted by Gasteiger charge is -2.16. The Morgan fingerprint density at radius 1 is 1.38 bits per heavy atom. The Balaban J connectivity index is 2.36. The van der Waals surface area contributed by atoms with Gasteiger partial charge < -0.3 is 11.5 Å². The van der Waals surface area contributed by atoms with E-state index in [-0.39, 0.29) is 6.04 Å². The number of nitrogens with two attached hydrogens (primary N) is 2. The first-order valence-electron chi connectivity index (χ1n) is 4.80. The fourth-order valence-electron chi connectivity index (χ4n) is 1.85. The molecule has 13 heavy (non-hydrogen) atoms. The van der Waals surface area contributed by atoms with Crippen LogP contribution >= 0.6 is 0 Å². The normalized spacial score (nSPS) is 18.6. The number of anilines is 1. The number of aryl methyl sites for hydroxylation is 1. The van der Waals surface area contributed by atoms with Gasteiger partial charge in [-0.05, 0) is 42.9 Å². The molecule has 4 N–H and O–H groups in total. The summed E-state index contributed by atoms with van der Waals surface area (Å²) in [5.41, 5.74) is 15.3. The van der Waals surface area contributed by atoms with Gasteiger partial charge in [0.05, 0.1) is 0 Å². The second-order valence-corrected chi connectivity index (χ2v) is 3.94. The van der Waals surface area contributed by atoms with E-state index in [1.807, 2.05) is 12.1 Å². The summed E-state index contributed by atoms with van der Waals surface area (Å²) in [6, 6.07) is 6.15. The van der Waals surface area contributed by atoms with Gasteiger partial charge in [-0.25, -0.2) is 0 Å². The monoisotopic (exact) mass is 176 g/mol. The molecule has 0 radical (unpaired) electrons. The zero-order chi connectivity index (χ0) is 9.42. The van der Waals surface area contributed by atoms with Gasteiger partial charge in [-0.3, -0.25) is 0 Å². The van der Waals surface area contributed by atoms with Gasteiger partial charge in [-0.15, -0.1) is 0 Å². The molecule has 0 amide bonds. The van der Waals surface area contributed by atoms with Crippen molar-refractivity contribution in [1.29, 1.82) is 0 Å². The van der Waals surface area contributed by atoms with Gasteiger partial charge in [0.1, 0.15) is 0 Å². The number of benzene rings is 1. The van der Waals surface area contributed by atoms with Crippen molar-refractivity contribution in [2.24, 2.45) is 11.7 Å². The van der Waals surface area contributed by atoms with Gasteiger partial charge in [-0.1, -0.05) is 12.1 Å². The predicted octanol–water partition coefficient (Wildman–Crippen LogP) is 1.99. The Morgan fingerprint density at radius 3 is 2.62 bits per heavy atom. The third-order valence-electron chi connectivity index (χ3n) is 2.82. The molecule has 0 unspecified atom stereocenters. The van der Waals surface area contributed by atoms with Crippen LogP contribution in [-0.2, 0) is 0 Å². The fourth-order valence-corrected chi connectivity index (χ4v) is 1.85. The summed E-state index contributed by atoms with van der Waals surface area (Å²) in [6.07, 6.45) is 2.52. The van der Waals surface area contributed by atoms with Crippen molar-refractivity contribution in [3.63, 3.8) is 0 Å². The molecule has 0 aromatic heterocycles. The van der Waals surface area contributed by atoms with E-state index in [4.69, 9.17) is 11.5 Å². The Bertz CT molecular complexity index is 296. The maximum Gasteiger partial charge on any atom is 0.0365 e. The summed E-state index contributed by atoms with van der Waals surface area (Å²) >= 11 is 0. The maximum atomic E-state index is 6.12. The highest BCUT2D eigenvalue weighted by molar-refractivity contribution is 5.52. The fraction of sp³-hybridized carbons (Fsp3) is 0.455. The van der Waals surface area contributed by atoms with Crippen molar-refractivity contribution >= 4 is 5.69 Å². The van der Waals surface area contributed by atoms with E-state index in [0.717, 1.165) is 11.3 Å². The molecule has 1 aliphatic carbocycles. The summed E-state index contributed by atoms with van der Waals surface area (Å²) in [5.74, 6) is 0.670. The Hall–Kier alpha value is -1.02. The molecule has 1 atom stereocenters. The zero-order valence-corrected chi connectivity index (χ0v) is 7.96. The van der Waals surface area contributed by atoms with E-state index >= 15 is 0 Å². The zero-order valence-electron chi connectivity index (χ0n) is 7.96. The summed E-state index contributed by atoms with van der Waals surface area (Å²) in [6.45, 7) is 2.08. The van der Waals surface area contributed by atoms with Crippen LogP contribution in [0.2, 0.25) is 0 Å². The summed E-state index contributed by atoms with van der Waals surface area (Å²) in [5, 5.41) is 0. The van der Waals surface area contributed by atoms with Crippen LogP contribution in [0, 0.1) is 12.8 Å². The van der Waals surface area contributed by atoms with Crippen molar-refractivity contribution in [1.82, 2.24) is 0 Å². The van der Waals surface area contributed by atoms with Crippen LogP contribution in [0.25, 0.3) is 0 Å². The minimum atomic E-state index is 0.154. The third kappa shape index (κ3) is 1.54. The van der Waals surface area contributed by atoms with Crippen LogP contribution in [0.3, 0.4) is 0 Å². The molecule has 2 rings (SSSR count). The van der Waals surface area contributed by atoms with Gasteiger partial charge in [0, 0.05) is 11.7 Å². The molecule has 2 heteroatoms. The highest BCUT2D eigenvalue weighted by atomic mass is 14.7. The lowest BCUT2D eigenvalue weighted by Crippen LogP contribution is -2.15. The van der Waals surface area contributed by atoms with Crippen LogP contribution < -0.4 is 11.5 Å². The minimum Gasteiger partial charge on any atom is -0.398 e. The van der Waals surface area contributed by atoms with Crippen LogP contribution in [0.5, 0.6) is 0 Å². The minimum absolute atomic E-state index is 0.154. The second kappa shape index (κ2) is 3.04. The van der Waals surface area contributed by atoms with Crippen molar-refractivity contribution < 1.29 is 0 Å². The first kappa shape index (κ1) is 8.57. The van der Waals surface area contributed by atoms with Crippen molar-refractivity contribution in [3.8, 4) is 0 Å². The third-order valence-corrected chi connectivity index (χ3v) is 2.82. The smallest absolute Gasteiger partial charge is 0.0365 e. The predicted molar refractivity (Wildman–Crippen MR) is 55.2 cm³/mol. The van der Waals surface area contributed by atoms with Crippen molar-refractivity contribution in [3.05, 3.63) is 29.3 Å². The highest BCUT2D eigenvalue weighted by Gasteiger charge is 2.31. The number of nitrogen functional groups attached to an aromatic ring is 1. The molecular weight excluding hydrogens is 160 g/mol. The molecular formula is C11H16N2. The largest absolute Gasteiger partial charge is 0.398 e. The SMILES string of the molecule is Cc1cccc(N)c1[C@H](N)C1CC1. The summed E-state index contributed by atoms with van der Waals surface area (Å²) < 4.78 is 0. The van der Waals surface area contributed by atoms with E-state index in [1.54, 1.807) is 0 Å². The first-order valence-corrected chi connectivity index (χ1v) is 4.80. The summed E-state index contributed by atoms with van der Waals surface area (Å²) in [7, 11) is 0. The molecule has 1 fully saturated rings. The Morgan fingerprint density at radius 2 is 2.08 bits per heavy atom. The molecule has 0 spiro atoms. The molecule has 1 aliphatic rings. The van der Waals surface area contributed by atoms with E-state index in [1.165, 1.54) is 18.4 Å². The summed E-state index contributed by atoms with van der Waals surface area (Å²) in [4.78, 5) is 0. The van der Waals surface area contributed by atoms with E-state index < -0.39 is 0 Å². The quantitative estimate of drug-likeness (QED) is 0.677. The number of hydrogen-bond acceptors (Lipinski definition) is 2. The van der Waals surface area contributed by atoms with Crippen LogP contribution in [-0.4, -0.2) is 0 Å². The van der Waals surface area contributed by atoms with E-state index in [9.17, 15) is 0 Å². The molecule has 2 nitrogen and oxygen atoms in total. The van der Waals surface area contributed by atoms with Gasteiger partial charge in [0.2, 0.25) is 0 Å². The number of rotatable bonds is 2. The first-order chi connectivity index (χ1) is 6.20. The van der Waals surface area contributed by atoms with Gasteiger partial charge in [0.25, 0.3) is 0 Å². The standard InChI is InChI=1S/C11H16N2/c1-7-3-2-4-9(12)10(7)11(13)8-5-6-8/h2-4,8,11H,5-6,12-13H2,1H3/t11-/m1/s1. The van der Waals surface area contributed by atoms with Gasteiger partial charge in [-0.2, -0.15) is 0 Å². The van der Waals surface area contributed by atoms with Crippen molar-refractivity contribution in [2.75, 3.05) is 5.73 Å². The molecule has 1 saturated carbocycles. The van der Waals surface area contributed by atoms with Crippen LogP contribution in [0.4, 0.5) is 5.69 Å². The topological polar surface area (TPSA) is 52.0 Å². The van der Waals surface area contributed by atoms with E-state index in [0.29, 0.717) is 5.92 Å².